The fourth-order valence-electron chi connectivity index (χ4n) is 13.9. The molecular weight excluding hydrogens is 1430 g/mol. The summed E-state index contributed by atoms with van der Waals surface area (Å²) in [5.74, 6) is 2.93. The number of nitrogens with zero attached hydrogens (tertiary/aromatic N) is 13. The molecule has 8 heterocycles. The van der Waals surface area contributed by atoms with Crippen molar-refractivity contribution in [3.63, 3.8) is 0 Å². The largest absolute Gasteiger partial charge is 0.371 e. The predicted octanol–water partition coefficient (Wildman–Crippen LogP) is 18.3. The van der Waals surface area contributed by atoms with Crippen molar-refractivity contribution in [2.75, 3.05) is 16.0 Å². The summed E-state index contributed by atoms with van der Waals surface area (Å²) in [5.41, 5.74) is 11.8. The van der Waals surface area contributed by atoms with Gasteiger partial charge in [-0.15, -0.1) is 0 Å². The van der Waals surface area contributed by atoms with Crippen molar-refractivity contribution in [3.8, 4) is 50.4 Å². The van der Waals surface area contributed by atoms with Gasteiger partial charge in [-0.3, -0.25) is 43.0 Å². The highest BCUT2D eigenvalue weighted by molar-refractivity contribution is 7.89. The third-order valence-corrected chi connectivity index (χ3v) is 20.2. The summed E-state index contributed by atoms with van der Waals surface area (Å²) >= 11 is 0. The van der Waals surface area contributed by atoms with Gasteiger partial charge in [0, 0.05) is 76.1 Å². The van der Waals surface area contributed by atoms with Crippen LogP contribution in [0.25, 0.3) is 108 Å². The lowest BCUT2D eigenvalue weighted by Crippen LogP contribution is -2.26. The van der Waals surface area contributed by atoms with E-state index in [0.717, 1.165) is 72.4 Å². The zero-order valence-electron chi connectivity index (χ0n) is 62.3. The molecular formula is C89H72N18O5S. The minimum atomic E-state index is -3.84. The standard InChI is InChI=1S/C30H23N7O.C30H25N5O.C29H24N6O3S/c1-18(35-29-25(31-3)17-33-19(2)36-29)26-15-20-8-7-11-24(22-14-21-12-13-32-28(21)34-16-22)27(20)30(38)37(26)23-9-5-4-6-10-23;1-19-10-8-11-22(16-19)25-15-9-12-23-17-27(20(2)33-29-26(31-4)18-32-21(3)34-29)35(30(36)28(23)25)24-13-6-5-7-14-24;1-18(33-28-25(31-3)17-32-19(2)34-28)26-16-21-8-7-11-24(20-12-14-23(15-13-20)39(30,37)38)27(21)29(36)35(26)22-9-5-4-6-10-22/h4-18H,1-2H3,(H,32,34)(H,33,35,36);5-18,20H,1-3H3,(H,32,33,34);4-18H,1-2H3,(H2,30,37,38)(H,32,33,34)/t18-;20-;18-/m000/s1. The maximum atomic E-state index is 14.3. The summed E-state index contributed by atoms with van der Waals surface area (Å²) in [4.78, 5) is 86.7. The normalized spacial score (nSPS) is 11.9. The first-order chi connectivity index (χ1) is 54.7. The topological polar surface area (TPSA) is 281 Å². The van der Waals surface area contributed by atoms with Crippen molar-refractivity contribution in [3.05, 3.63) is 361 Å². The number of primary sulfonamides is 1. The van der Waals surface area contributed by atoms with Gasteiger partial charge in [-0.05, 0) is 171 Å². The number of aryl methyl sites for hydroxylation is 4. The first-order valence-electron chi connectivity index (χ1n) is 36.0. The van der Waals surface area contributed by atoms with Crippen LogP contribution in [-0.4, -0.2) is 62.0 Å². The molecule has 0 spiro atoms. The van der Waals surface area contributed by atoms with Crippen LogP contribution in [0.5, 0.6) is 0 Å². The van der Waals surface area contributed by atoms with E-state index >= 15 is 0 Å². The summed E-state index contributed by atoms with van der Waals surface area (Å²) in [7, 11) is -3.84. The Balaban J connectivity index is 0.000000141. The monoisotopic (exact) mass is 1500 g/mol. The van der Waals surface area contributed by atoms with E-state index in [-0.39, 0.29) is 39.3 Å². The van der Waals surface area contributed by atoms with Gasteiger partial charge in [0.15, 0.2) is 0 Å². The highest BCUT2D eigenvalue weighted by Gasteiger charge is 2.25. The molecule has 113 heavy (non-hydrogen) atoms. The zero-order valence-corrected chi connectivity index (χ0v) is 63.1. The van der Waals surface area contributed by atoms with Crippen molar-refractivity contribution in [1.29, 1.82) is 0 Å². The Hall–Kier alpha value is -14.9. The van der Waals surface area contributed by atoms with Gasteiger partial charge in [0.1, 0.15) is 40.6 Å². The molecule has 3 atom stereocenters. The van der Waals surface area contributed by atoms with Gasteiger partial charge in [0.25, 0.3) is 16.7 Å². The van der Waals surface area contributed by atoms with E-state index in [9.17, 15) is 22.8 Å². The number of sulfonamides is 1. The van der Waals surface area contributed by atoms with E-state index in [1.807, 2.05) is 215 Å². The van der Waals surface area contributed by atoms with Gasteiger partial charge in [0.05, 0.1) is 58.9 Å². The quantitative estimate of drug-likeness (QED) is 0.0562. The molecule has 16 aromatic rings. The second-order valence-electron chi connectivity index (χ2n) is 26.9. The van der Waals surface area contributed by atoms with Gasteiger partial charge in [-0.2, -0.15) is 0 Å². The molecule has 0 unspecified atom stereocenters. The van der Waals surface area contributed by atoms with E-state index in [4.69, 9.17) is 24.9 Å². The third-order valence-electron chi connectivity index (χ3n) is 19.2. The Morgan fingerprint density at radius 1 is 0.398 bits per heavy atom. The van der Waals surface area contributed by atoms with E-state index in [2.05, 4.69) is 89.4 Å². The van der Waals surface area contributed by atoms with Crippen molar-refractivity contribution >= 4 is 87.9 Å². The average Bonchev–Trinajstić information content (AvgIpc) is 1.52. The highest BCUT2D eigenvalue weighted by atomic mass is 32.2. The number of nitrogens with one attached hydrogen (secondary N) is 4. The van der Waals surface area contributed by atoms with Crippen LogP contribution in [0.2, 0.25) is 0 Å². The summed E-state index contributed by atoms with van der Waals surface area (Å²) in [6.07, 6.45) is 8.15. The molecule has 0 fully saturated rings. The predicted molar refractivity (Wildman–Crippen MR) is 446 cm³/mol. The van der Waals surface area contributed by atoms with Gasteiger partial charge in [-0.25, -0.2) is 48.0 Å². The lowest BCUT2D eigenvalue weighted by Gasteiger charge is -2.22. The molecule has 6 N–H and O–H groups in total. The number of hydrogen-bond donors (Lipinski definition) is 5. The third kappa shape index (κ3) is 15.6. The summed E-state index contributed by atoms with van der Waals surface area (Å²) in [6, 6.07) is 69.2. The summed E-state index contributed by atoms with van der Waals surface area (Å²) in [6.45, 7) is 35.7. The van der Waals surface area contributed by atoms with Crippen LogP contribution in [0.3, 0.4) is 0 Å². The van der Waals surface area contributed by atoms with Crippen LogP contribution in [-0.2, 0) is 10.0 Å². The molecule has 8 aromatic carbocycles. The van der Waals surface area contributed by atoms with Crippen LogP contribution in [0.4, 0.5) is 34.5 Å². The maximum Gasteiger partial charge on any atom is 0.263 e. The Bertz CT molecular complexity index is 6810. The minimum absolute atomic E-state index is 0.00545. The molecule has 8 aromatic heterocycles. The number of H-pyrrole nitrogens is 1. The lowest BCUT2D eigenvalue weighted by atomic mass is 9.97. The van der Waals surface area contributed by atoms with Crippen molar-refractivity contribution < 1.29 is 8.42 Å². The Morgan fingerprint density at radius 2 is 0.770 bits per heavy atom. The maximum absolute atomic E-state index is 14.3. The van der Waals surface area contributed by atoms with E-state index in [0.29, 0.717) is 90.4 Å². The van der Waals surface area contributed by atoms with E-state index in [1.54, 1.807) is 52.8 Å². The second-order valence-corrected chi connectivity index (χ2v) is 28.5. The Morgan fingerprint density at radius 3 is 1.14 bits per heavy atom. The second kappa shape index (κ2) is 32.1. The van der Waals surface area contributed by atoms with Gasteiger partial charge >= 0.3 is 0 Å². The highest BCUT2D eigenvalue weighted by Crippen LogP contribution is 2.37. The first-order valence-corrected chi connectivity index (χ1v) is 37.5. The Kier molecular flexibility index (Phi) is 21.3. The molecule has 0 bridgehead atoms. The molecule has 0 aliphatic heterocycles. The Labute approximate surface area is 650 Å². The van der Waals surface area contributed by atoms with Crippen molar-refractivity contribution in [1.82, 2.24) is 53.6 Å². The fraction of sp³-hybridized carbons (Fsp3) is 0.112. The van der Waals surface area contributed by atoms with Crippen molar-refractivity contribution in [2.24, 2.45) is 5.14 Å². The molecule has 23 nitrogen and oxygen atoms in total. The SMILES string of the molecule is [C-]#[N+]c1cnc(C)nc1N[C@@H](C)c1cc2cccc(-c3ccc(S(N)(=O)=O)cc3)c2c(=O)n1-c1ccccc1.[C-]#[N+]c1cnc(C)nc1N[C@@H](C)c1cc2cccc(-c3cccc(C)c3)c2c(=O)n1-c1ccccc1.[C-]#[N+]c1cnc(C)nc1N[C@@H](C)c1cc2cccc(-c3cnc4[nH]ccc4c3)c2c(=O)n1-c1ccccc1. The molecule has 0 saturated carbocycles. The molecule has 0 amide bonds. The minimum Gasteiger partial charge on any atom is -0.371 e. The van der Waals surface area contributed by atoms with Crippen LogP contribution in [0.1, 0.15) is 79.0 Å². The lowest BCUT2D eigenvalue weighted by molar-refractivity contribution is 0.598. The molecule has 16 rings (SSSR count). The number of hydrogen-bond acceptors (Lipinski definition) is 15. The van der Waals surface area contributed by atoms with E-state index in [1.165, 1.54) is 30.7 Å². The number of aromatic nitrogens is 11. The van der Waals surface area contributed by atoms with Gasteiger partial charge < -0.3 is 20.9 Å². The van der Waals surface area contributed by atoms with Gasteiger partial charge in [0.2, 0.25) is 27.1 Å². The van der Waals surface area contributed by atoms with Crippen LogP contribution < -0.4 is 37.8 Å². The molecule has 24 heteroatoms. The molecule has 0 saturated heterocycles. The van der Waals surface area contributed by atoms with E-state index < -0.39 is 16.1 Å². The number of pyridine rings is 4. The average molecular weight is 1510 g/mol. The smallest absolute Gasteiger partial charge is 0.263 e. The first kappa shape index (κ1) is 74.9. The molecule has 0 aliphatic rings. The van der Waals surface area contributed by atoms with Crippen molar-refractivity contribution in [2.45, 2.75) is 71.5 Å². The number of nitrogens with two attached hydrogens (primary N) is 1. The number of para-hydroxylation sites is 3. The zero-order chi connectivity index (χ0) is 79.2. The van der Waals surface area contributed by atoms with Gasteiger partial charge in [-0.1, -0.05) is 151 Å². The van der Waals surface area contributed by atoms with Crippen LogP contribution in [0, 0.1) is 47.4 Å². The summed E-state index contributed by atoms with van der Waals surface area (Å²) in [5, 5.41) is 20.4. The van der Waals surface area contributed by atoms with Crippen LogP contribution in [0.15, 0.2) is 275 Å². The number of fused-ring (bicyclic) bond motifs is 4. The summed E-state index contributed by atoms with van der Waals surface area (Å²) < 4.78 is 28.6. The number of anilines is 3. The fourth-order valence-corrected chi connectivity index (χ4v) is 14.4. The molecule has 0 radical (unpaired) electrons. The number of benzene rings is 8. The van der Waals surface area contributed by atoms with Crippen LogP contribution >= 0.6 is 0 Å². The molecule has 0 aliphatic carbocycles. The number of aromatic amines is 1. The molecule has 554 valence electrons. The number of rotatable bonds is 16.